The maximum absolute atomic E-state index is 13.4. The highest BCUT2D eigenvalue weighted by molar-refractivity contribution is 7.89. The third kappa shape index (κ3) is 4.86. The van der Waals surface area contributed by atoms with Gasteiger partial charge in [0.1, 0.15) is 23.8 Å². The lowest BCUT2D eigenvalue weighted by Gasteiger charge is -2.37. The number of fused-ring (bicyclic) bond motifs is 1. The van der Waals surface area contributed by atoms with Gasteiger partial charge in [-0.3, -0.25) is 4.79 Å². The second-order valence-corrected chi connectivity index (χ2v) is 9.89. The number of carbonyl (C=O) groups excluding carboxylic acids is 1. The van der Waals surface area contributed by atoms with Gasteiger partial charge in [0.15, 0.2) is 0 Å². The van der Waals surface area contributed by atoms with Gasteiger partial charge in [-0.25, -0.2) is 32.7 Å². The van der Waals surface area contributed by atoms with Crippen molar-refractivity contribution in [2.45, 2.75) is 30.3 Å². The molecule has 0 unspecified atom stereocenters. The Balaban J connectivity index is 1.25. The van der Waals surface area contributed by atoms with E-state index < -0.39 is 44.9 Å². The Bertz CT molecular complexity index is 1590. The minimum Gasteiger partial charge on any atom is -0.443 e. The SMILES string of the molecule is O=C(NCc1cc(-c2cnc(C(F)(F)F)nc2)ncn1)[C@@H]1CCN1S(=O)(=O)c1cc2cc(F)ccc2o1. The van der Waals surface area contributed by atoms with Gasteiger partial charge in [0.25, 0.3) is 10.0 Å². The lowest BCUT2D eigenvalue weighted by molar-refractivity contribution is -0.145. The Morgan fingerprint density at radius 2 is 1.86 bits per heavy atom. The van der Waals surface area contributed by atoms with Gasteiger partial charge in [-0.15, -0.1) is 0 Å². The van der Waals surface area contributed by atoms with Gasteiger partial charge in [0, 0.05) is 36.0 Å². The lowest BCUT2D eigenvalue weighted by Crippen LogP contribution is -2.57. The van der Waals surface area contributed by atoms with E-state index in [1.165, 1.54) is 24.5 Å². The summed E-state index contributed by atoms with van der Waals surface area (Å²) < 4.78 is 83.8. The van der Waals surface area contributed by atoms with Gasteiger partial charge < -0.3 is 9.73 Å². The number of rotatable bonds is 6. The zero-order chi connectivity index (χ0) is 26.4. The van der Waals surface area contributed by atoms with Gasteiger partial charge in [0.2, 0.25) is 16.8 Å². The zero-order valence-electron chi connectivity index (χ0n) is 18.6. The Morgan fingerprint density at radius 1 is 1.11 bits per heavy atom. The first-order valence-corrected chi connectivity index (χ1v) is 12.2. The molecule has 1 aliphatic heterocycles. The van der Waals surface area contributed by atoms with E-state index in [-0.39, 0.29) is 41.7 Å². The third-order valence-electron chi connectivity index (χ3n) is 5.66. The molecule has 1 atom stereocenters. The molecule has 192 valence electrons. The first kappa shape index (κ1) is 24.7. The van der Waals surface area contributed by atoms with Crippen LogP contribution in [0.1, 0.15) is 17.9 Å². The van der Waals surface area contributed by atoms with E-state index in [2.05, 4.69) is 25.3 Å². The van der Waals surface area contributed by atoms with Crippen molar-refractivity contribution in [1.29, 1.82) is 0 Å². The van der Waals surface area contributed by atoms with Crippen LogP contribution >= 0.6 is 0 Å². The van der Waals surface area contributed by atoms with E-state index in [4.69, 9.17) is 4.42 Å². The van der Waals surface area contributed by atoms with Crippen LogP contribution in [0.4, 0.5) is 17.6 Å². The molecular weight excluding hydrogens is 520 g/mol. The molecule has 10 nitrogen and oxygen atoms in total. The fourth-order valence-electron chi connectivity index (χ4n) is 3.70. The summed E-state index contributed by atoms with van der Waals surface area (Å²) >= 11 is 0. The van der Waals surface area contributed by atoms with E-state index >= 15 is 0 Å². The van der Waals surface area contributed by atoms with Gasteiger partial charge in [-0.1, -0.05) is 0 Å². The highest BCUT2D eigenvalue weighted by Gasteiger charge is 2.44. The summed E-state index contributed by atoms with van der Waals surface area (Å²) in [4.78, 5) is 27.3. The molecule has 1 fully saturated rings. The molecule has 15 heteroatoms. The summed E-state index contributed by atoms with van der Waals surface area (Å²) in [5.41, 5.74) is 0.970. The highest BCUT2D eigenvalue weighted by Crippen LogP contribution is 2.31. The number of nitrogens with zero attached hydrogens (tertiary/aromatic N) is 5. The molecule has 37 heavy (non-hydrogen) atoms. The van der Waals surface area contributed by atoms with Crippen molar-refractivity contribution >= 4 is 26.9 Å². The Kier molecular flexibility index (Phi) is 6.11. The number of hydrogen-bond acceptors (Lipinski definition) is 8. The van der Waals surface area contributed by atoms with E-state index in [0.29, 0.717) is 5.69 Å². The quantitative estimate of drug-likeness (QED) is 0.372. The Hall–Kier alpha value is -3.98. The second-order valence-electron chi connectivity index (χ2n) is 8.07. The maximum atomic E-state index is 13.4. The number of amides is 1. The van der Waals surface area contributed by atoms with Crippen molar-refractivity contribution in [3.8, 4) is 11.3 Å². The van der Waals surface area contributed by atoms with Crippen LogP contribution < -0.4 is 5.32 Å². The van der Waals surface area contributed by atoms with Crippen LogP contribution in [0.2, 0.25) is 0 Å². The average molecular weight is 536 g/mol. The molecule has 0 saturated carbocycles. The molecular formula is C22H16F4N6O4S. The van der Waals surface area contributed by atoms with E-state index in [1.807, 2.05) is 0 Å². The number of furan rings is 1. The van der Waals surface area contributed by atoms with Gasteiger partial charge in [-0.05, 0) is 30.7 Å². The smallest absolute Gasteiger partial charge is 0.443 e. The van der Waals surface area contributed by atoms with Crippen LogP contribution in [0, 0.1) is 5.82 Å². The Labute approximate surface area is 206 Å². The number of carbonyl (C=O) groups is 1. The van der Waals surface area contributed by atoms with Gasteiger partial charge in [-0.2, -0.15) is 17.5 Å². The van der Waals surface area contributed by atoms with Crippen molar-refractivity contribution < 1.29 is 35.2 Å². The molecule has 1 saturated heterocycles. The average Bonchev–Trinajstić information content (AvgIpc) is 3.26. The van der Waals surface area contributed by atoms with Crippen molar-refractivity contribution in [2.24, 2.45) is 0 Å². The van der Waals surface area contributed by atoms with E-state index in [9.17, 15) is 30.8 Å². The predicted molar refractivity (Wildman–Crippen MR) is 118 cm³/mol. The number of halogens is 4. The molecule has 4 aromatic rings. The fraction of sp³-hybridized carbons (Fsp3) is 0.227. The van der Waals surface area contributed by atoms with Gasteiger partial charge in [0.05, 0.1) is 17.9 Å². The monoisotopic (exact) mass is 536 g/mol. The molecule has 0 radical (unpaired) electrons. The number of hydrogen-bond donors (Lipinski definition) is 1. The first-order valence-electron chi connectivity index (χ1n) is 10.7. The Morgan fingerprint density at radius 3 is 2.54 bits per heavy atom. The van der Waals surface area contributed by atoms with Crippen molar-refractivity contribution in [3.05, 3.63) is 66.4 Å². The van der Waals surface area contributed by atoms with Crippen molar-refractivity contribution in [1.82, 2.24) is 29.6 Å². The van der Waals surface area contributed by atoms with Crippen LogP contribution in [0.3, 0.4) is 0 Å². The van der Waals surface area contributed by atoms with Crippen molar-refractivity contribution in [3.63, 3.8) is 0 Å². The molecule has 1 aliphatic rings. The first-order chi connectivity index (χ1) is 17.5. The maximum Gasteiger partial charge on any atom is 0.451 e. The van der Waals surface area contributed by atoms with Crippen LogP contribution in [-0.4, -0.2) is 51.2 Å². The number of aromatic nitrogens is 4. The summed E-state index contributed by atoms with van der Waals surface area (Å²) in [6, 6.07) is 5.26. The summed E-state index contributed by atoms with van der Waals surface area (Å²) in [5, 5.41) is 2.48. The van der Waals surface area contributed by atoms with Crippen molar-refractivity contribution in [2.75, 3.05) is 6.54 Å². The molecule has 1 amide bonds. The summed E-state index contributed by atoms with van der Waals surface area (Å²) in [6.07, 6.45) is -1.28. The molecule has 0 bridgehead atoms. The van der Waals surface area contributed by atoms with Gasteiger partial charge >= 0.3 is 6.18 Å². The molecule has 3 aromatic heterocycles. The predicted octanol–water partition coefficient (Wildman–Crippen LogP) is 2.92. The lowest BCUT2D eigenvalue weighted by atomic mass is 10.1. The normalized spacial score (nSPS) is 16.5. The van der Waals surface area contributed by atoms with E-state index in [0.717, 1.165) is 28.8 Å². The molecule has 1 N–H and O–H groups in total. The molecule has 1 aromatic carbocycles. The molecule has 0 aliphatic carbocycles. The largest absolute Gasteiger partial charge is 0.451 e. The standard InChI is InChI=1S/C22H16F4N6O4S/c23-14-1-2-18-12(5-14)6-19(36-18)37(34,35)32-4-3-17(32)20(33)27-10-15-7-16(31-11-30-15)13-8-28-21(29-9-13)22(24,25)26/h1-2,5-9,11,17H,3-4,10H2,(H,27,33)/t17-/m0/s1. The molecule has 4 heterocycles. The van der Waals surface area contributed by atoms with Crippen LogP contribution in [0.25, 0.3) is 22.2 Å². The minimum absolute atomic E-state index is 0.0931. The topological polar surface area (TPSA) is 131 Å². The van der Waals surface area contributed by atoms with Crippen LogP contribution in [0.5, 0.6) is 0 Å². The highest BCUT2D eigenvalue weighted by atomic mass is 32.2. The van der Waals surface area contributed by atoms with Crippen LogP contribution in [0.15, 0.2) is 58.6 Å². The number of sulfonamides is 1. The fourth-order valence-corrected chi connectivity index (χ4v) is 5.28. The molecule has 5 rings (SSSR count). The zero-order valence-corrected chi connectivity index (χ0v) is 19.4. The number of nitrogens with one attached hydrogen (secondary N) is 1. The second kappa shape index (κ2) is 9.15. The summed E-state index contributed by atoms with van der Waals surface area (Å²) in [6.45, 7) is 0.00154. The van der Waals surface area contributed by atoms with Crippen LogP contribution in [-0.2, 0) is 27.5 Å². The number of alkyl halides is 3. The summed E-state index contributed by atoms with van der Waals surface area (Å²) in [7, 11) is -4.15. The summed E-state index contributed by atoms with van der Waals surface area (Å²) in [5.74, 6) is -2.40. The number of benzene rings is 1. The third-order valence-corrected chi connectivity index (χ3v) is 7.42. The van der Waals surface area contributed by atoms with E-state index in [1.54, 1.807) is 0 Å². The minimum atomic E-state index is -4.68. The molecule has 0 spiro atoms.